The number of benzene rings is 2. The largest absolute Gasteiger partial charge is 0.369 e. The molecule has 0 bridgehead atoms. The number of nitrogens with zero attached hydrogens (tertiary/aromatic N) is 1. The van der Waals surface area contributed by atoms with Crippen LogP contribution in [0.25, 0.3) is 0 Å². The summed E-state index contributed by atoms with van der Waals surface area (Å²) >= 11 is 0. The molecule has 24 heavy (non-hydrogen) atoms. The maximum absolute atomic E-state index is 12.7. The highest BCUT2D eigenvalue weighted by molar-refractivity contribution is 5.81. The number of hydrogen-bond acceptors (Lipinski definition) is 2. The third kappa shape index (κ3) is 3.65. The summed E-state index contributed by atoms with van der Waals surface area (Å²) in [5.41, 5.74) is 7.62. The number of likely N-dealkylation sites (tertiary alicyclic amines) is 1. The molecule has 1 saturated heterocycles. The fraction of sp³-hybridized carbons (Fsp3) is 0.300. The molecule has 1 fully saturated rings. The van der Waals surface area contributed by atoms with Gasteiger partial charge in [0.2, 0.25) is 11.8 Å². The summed E-state index contributed by atoms with van der Waals surface area (Å²) in [5.74, 6) is -0.419. The Kier molecular flexibility index (Phi) is 4.94. The molecular formula is C20H22N2O2. The maximum Gasteiger partial charge on any atom is 0.223 e. The lowest BCUT2D eigenvalue weighted by Gasteiger charge is -2.22. The van der Waals surface area contributed by atoms with Gasteiger partial charge in [0.15, 0.2) is 0 Å². The van der Waals surface area contributed by atoms with Crippen molar-refractivity contribution in [3.63, 3.8) is 0 Å². The van der Waals surface area contributed by atoms with E-state index in [4.69, 9.17) is 5.73 Å². The summed E-state index contributed by atoms with van der Waals surface area (Å²) in [5, 5.41) is 0. The highest BCUT2D eigenvalue weighted by Crippen LogP contribution is 2.29. The first-order valence-electron chi connectivity index (χ1n) is 8.32. The first kappa shape index (κ1) is 16.2. The van der Waals surface area contributed by atoms with Crippen molar-refractivity contribution in [2.24, 2.45) is 11.7 Å². The summed E-state index contributed by atoms with van der Waals surface area (Å²) in [6.45, 7) is 1.06. The molecule has 2 aromatic rings. The van der Waals surface area contributed by atoms with Crippen LogP contribution in [0, 0.1) is 5.92 Å². The molecular weight excluding hydrogens is 300 g/mol. The third-order valence-corrected chi connectivity index (χ3v) is 4.73. The van der Waals surface area contributed by atoms with E-state index in [-0.39, 0.29) is 23.7 Å². The zero-order valence-corrected chi connectivity index (χ0v) is 13.6. The fourth-order valence-corrected chi connectivity index (χ4v) is 3.32. The van der Waals surface area contributed by atoms with Crippen molar-refractivity contribution in [1.29, 1.82) is 0 Å². The molecule has 3 rings (SSSR count). The van der Waals surface area contributed by atoms with Crippen LogP contribution in [0.4, 0.5) is 0 Å². The van der Waals surface area contributed by atoms with Crippen LogP contribution in [-0.2, 0) is 9.59 Å². The molecule has 1 aliphatic rings. The Morgan fingerprint density at radius 1 is 1.00 bits per heavy atom. The van der Waals surface area contributed by atoms with Gasteiger partial charge in [-0.2, -0.15) is 0 Å². The molecule has 2 amide bonds. The van der Waals surface area contributed by atoms with Crippen LogP contribution in [0.2, 0.25) is 0 Å². The molecule has 0 aromatic heterocycles. The molecule has 4 heteroatoms. The molecule has 2 aromatic carbocycles. The third-order valence-electron chi connectivity index (χ3n) is 4.73. The van der Waals surface area contributed by atoms with Crippen LogP contribution in [0.3, 0.4) is 0 Å². The molecule has 2 N–H and O–H groups in total. The number of hydrogen-bond donors (Lipinski definition) is 1. The van der Waals surface area contributed by atoms with Crippen molar-refractivity contribution in [3.05, 3.63) is 71.8 Å². The van der Waals surface area contributed by atoms with Crippen LogP contribution in [0.15, 0.2) is 60.7 Å². The number of carbonyl (C=O) groups excluding carboxylic acids is 2. The summed E-state index contributed by atoms with van der Waals surface area (Å²) < 4.78 is 0. The monoisotopic (exact) mass is 322 g/mol. The van der Waals surface area contributed by atoms with Gasteiger partial charge in [-0.15, -0.1) is 0 Å². The smallest absolute Gasteiger partial charge is 0.223 e. The van der Waals surface area contributed by atoms with Crippen LogP contribution in [-0.4, -0.2) is 29.8 Å². The van der Waals surface area contributed by atoms with Crippen LogP contribution in [0.5, 0.6) is 0 Å². The van der Waals surface area contributed by atoms with Gasteiger partial charge in [-0.3, -0.25) is 9.59 Å². The van der Waals surface area contributed by atoms with Crippen molar-refractivity contribution in [2.75, 3.05) is 13.1 Å². The summed E-state index contributed by atoms with van der Waals surface area (Å²) in [4.78, 5) is 25.8. The van der Waals surface area contributed by atoms with E-state index in [2.05, 4.69) is 24.3 Å². The van der Waals surface area contributed by atoms with Crippen LogP contribution in [0.1, 0.15) is 29.9 Å². The zero-order valence-electron chi connectivity index (χ0n) is 13.6. The molecule has 0 aliphatic carbocycles. The van der Waals surface area contributed by atoms with Crippen LogP contribution < -0.4 is 5.73 Å². The normalized spacial score (nSPS) is 17.2. The van der Waals surface area contributed by atoms with Crippen molar-refractivity contribution in [1.82, 2.24) is 4.90 Å². The van der Waals surface area contributed by atoms with Gasteiger partial charge in [-0.25, -0.2) is 0 Å². The van der Waals surface area contributed by atoms with E-state index in [0.717, 1.165) is 11.1 Å². The van der Waals surface area contributed by atoms with Crippen molar-refractivity contribution < 1.29 is 9.59 Å². The fourth-order valence-electron chi connectivity index (χ4n) is 3.32. The molecule has 1 atom stereocenters. The molecule has 1 aliphatic heterocycles. The Balaban J connectivity index is 1.78. The topological polar surface area (TPSA) is 63.4 Å². The van der Waals surface area contributed by atoms with E-state index in [0.29, 0.717) is 25.9 Å². The number of primary amides is 1. The van der Waals surface area contributed by atoms with E-state index in [1.165, 1.54) is 0 Å². The second-order valence-electron chi connectivity index (χ2n) is 6.31. The van der Waals surface area contributed by atoms with Gasteiger partial charge in [0.25, 0.3) is 0 Å². The lowest BCUT2D eigenvalue weighted by atomic mass is 9.88. The standard InChI is InChI=1S/C20H22N2O2/c21-20(24)17-11-12-22(14-17)19(23)13-18(15-7-3-1-4-8-15)16-9-5-2-6-10-16/h1-10,17-18H,11-14H2,(H2,21,24)/t17-/m0/s1. The first-order chi connectivity index (χ1) is 11.6. The van der Waals surface area contributed by atoms with Gasteiger partial charge in [-0.05, 0) is 17.5 Å². The Bertz CT molecular complexity index is 661. The number of rotatable bonds is 5. The second kappa shape index (κ2) is 7.30. The van der Waals surface area contributed by atoms with Crippen molar-refractivity contribution >= 4 is 11.8 Å². The van der Waals surface area contributed by atoms with Crippen molar-refractivity contribution in [2.45, 2.75) is 18.8 Å². The first-order valence-corrected chi connectivity index (χ1v) is 8.32. The molecule has 0 radical (unpaired) electrons. The van der Waals surface area contributed by atoms with E-state index in [1.807, 2.05) is 36.4 Å². The summed E-state index contributed by atoms with van der Waals surface area (Å²) in [6.07, 6.45) is 1.07. The van der Waals surface area contributed by atoms with Gasteiger partial charge in [0, 0.05) is 25.4 Å². The lowest BCUT2D eigenvalue weighted by Crippen LogP contribution is -2.32. The highest BCUT2D eigenvalue weighted by Gasteiger charge is 2.31. The Hall–Kier alpha value is -2.62. The minimum atomic E-state index is -0.312. The molecule has 0 saturated carbocycles. The van der Waals surface area contributed by atoms with Gasteiger partial charge in [0.05, 0.1) is 5.92 Å². The van der Waals surface area contributed by atoms with Gasteiger partial charge in [-0.1, -0.05) is 60.7 Å². The van der Waals surface area contributed by atoms with E-state index < -0.39 is 0 Å². The molecule has 0 unspecified atom stereocenters. The summed E-state index contributed by atoms with van der Waals surface area (Å²) in [7, 11) is 0. The summed E-state index contributed by atoms with van der Waals surface area (Å²) in [6, 6.07) is 20.2. The quantitative estimate of drug-likeness (QED) is 0.919. The lowest BCUT2D eigenvalue weighted by molar-refractivity contribution is -0.130. The zero-order chi connectivity index (χ0) is 16.9. The maximum atomic E-state index is 12.7. The van der Waals surface area contributed by atoms with E-state index in [9.17, 15) is 9.59 Å². The van der Waals surface area contributed by atoms with Gasteiger partial charge >= 0.3 is 0 Å². The Morgan fingerprint density at radius 2 is 1.54 bits per heavy atom. The van der Waals surface area contributed by atoms with Crippen molar-refractivity contribution in [3.8, 4) is 0 Å². The number of nitrogens with two attached hydrogens (primary N) is 1. The van der Waals surface area contributed by atoms with E-state index in [1.54, 1.807) is 4.90 Å². The average Bonchev–Trinajstić information content (AvgIpc) is 3.11. The van der Waals surface area contributed by atoms with E-state index >= 15 is 0 Å². The Labute approximate surface area is 142 Å². The average molecular weight is 322 g/mol. The molecule has 1 heterocycles. The SMILES string of the molecule is NC(=O)[C@H]1CCN(C(=O)CC(c2ccccc2)c2ccccc2)C1. The second-order valence-corrected chi connectivity index (χ2v) is 6.31. The predicted octanol–water partition coefficient (Wildman–Crippen LogP) is 2.54. The molecule has 124 valence electrons. The van der Waals surface area contributed by atoms with Gasteiger partial charge < -0.3 is 10.6 Å². The number of amides is 2. The molecule has 0 spiro atoms. The Morgan fingerprint density at radius 3 is 2.00 bits per heavy atom. The van der Waals surface area contributed by atoms with Crippen LogP contribution >= 0.6 is 0 Å². The minimum absolute atomic E-state index is 0.0209. The predicted molar refractivity (Wildman–Crippen MR) is 93.2 cm³/mol. The highest BCUT2D eigenvalue weighted by atomic mass is 16.2. The number of carbonyl (C=O) groups is 2. The minimum Gasteiger partial charge on any atom is -0.369 e. The van der Waals surface area contributed by atoms with Gasteiger partial charge in [0.1, 0.15) is 0 Å². The molecule has 4 nitrogen and oxygen atoms in total.